The number of rotatable bonds is 2. The van der Waals surface area contributed by atoms with Gasteiger partial charge >= 0.3 is 0 Å². The largest absolute Gasteiger partial charge is 0.318 e. The van der Waals surface area contributed by atoms with E-state index in [1.807, 2.05) is 0 Å². The minimum absolute atomic E-state index is 0.0968. The van der Waals surface area contributed by atoms with Gasteiger partial charge in [-0.2, -0.15) is 0 Å². The van der Waals surface area contributed by atoms with Crippen LogP contribution in [-0.4, -0.2) is 49.9 Å². The zero-order valence-corrected chi connectivity index (χ0v) is 12.3. The van der Waals surface area contributed by atoms with Crippen molar-refractivity contribution in [2.75, 3.05) is 12.8 Å². The van der Waals surface area contributed by atoms with E-state index in [1.165, 1.54) is 31.2 Å². The first-order valence-electron chi connectivity index (χ1n) is 6.15. The van der Waals surface area contributed by atoms with E-state index in [1.54, 1.807) is 0 Å². The average Bonchev–Trinajstić information content (AvgIpc) is 2.41. The molecule has 0 aliphatic carbocycles. The fourth-order valence-electron chi connectivity index (χ4n) is 1.97. The Morgan fingerprint density at radius 2 is 1.81 bits per heavy atom. The Labute approximate surface area is 121 Å². The van der Waals surface area contributed by atoms with Gasteiger partial charge in [-0.05, 0) is 31.2 Å². The van der Waals surface area contributed by atoms with Gasteiger partial charge in [0.2, 0.25) is 11.8 Å². The van der Waals surface area contributed by atoms with Crippen molar-refractivity contribution in [3.05, 3.63) is 29.8 Å². The summed E-state index contributed by atoms with van der Waals surface area (Å²) in [5, 5.41) is 2.14. The number of carbonyl (C=O) groups excluding carboxylic acids is 3. The molecule has 0 radical (unpaired) electrons. The Balaban J connectivity index is 2.27. The van der Waals surface area contributed by atoms with Crippen molar-refractivity contribution in [2.45, 2.75) is 17.9 Å². The van der Waals surface area contributed by atoms with Crippen LogP contribution in [0.2, 0.25) is 0 Å². The van der Waals surface area contributed by atoms with Crippen LogP contribution in [-0.2, 0) is 19.4 Å². The lowest BCUT2D eigenvalue weighted by Gasteiger charge is -2.31. The molecule has 1 aliphatic heterocycles. The highest BCUT2D eigenvalue weighted by Gasteiger charge is 2.33. The Bertz CT molecular complexity index is 709. The maximum Gasteiger partial charge on any atom is 0.254 e. The summed E-state index contributed by atoms with van der Waals surface area (Å²) < 4.78 is 22.7. The molecule has 3 amide bonds. The first-order valence-corrected chi connectivity index (χ1v) is 8.04. The highest BCUT2D eigenvalue weighted by molar-refractivity contribution is 7.90. The quantitative estimate of drug-likeness (QED) is 0.748. The highest BCUT2D eigenvalue weighted by Crippen LogP contribution is 2.15. The average molecular weight is 310 g/mol. The minimum atomic E-state index is -3.34. The molecular weight excluding hydrogens is 296 g/mol. The first kappa shape index (κ1) is 15.2. The van der Waals surface area contributed by atoms with Crippen LogP contribution in [0, 0.1) is 0 Å². The number of amides is 3. The highest BCUT2D eigenvalue weighted by atomic mass is 32.2. The molecule has 2 rings (SSSR count). The van der Waals surface area contributed by atoms with Gasteiger partial charge < -0.3 is 4.90 Å². The third-order valence-corrected chi connectivity index (χ3v) is 4.34. The predicted molar refractivity (Wildman–Crippen MR) is 73.2 cm³/mol. The van der Waals surface area contributed by atoms with Gasteiger partial charge in [-0.1, -0.05) is 0 Å². The number of nitrogens with one attached hydrogen (secondary N) is 1. The zero-order valence-electron chi connectivity index (χ0n) is 11.5. The lowest BCUT2D eigenvalue weighted by Crippen LogP contribution is -2.58. The summed E-state index contributed by atoms with van der Waals surface area (Å²) in [5.41, 5.74) is 0.219. The molecule has 0 spiro atoms. The number of carbonyl (C=O) groups is 3. The zero-order chi connectivity index (χ0) is 15.8. The van der Waals surface area contributed by atoms with Gasteiger partial charge in [0.25, 0.3) is 5.91 Å². The van der Waals surface area contributed by atoms with E-state index in [0.717, 1.165) is 11.2 Å². The monoisotopic (exact) mass is 310 g/mol. The number of hydrogen-bond donors (Lipinski definition) is 1. The minimum Gasteiger partial charge on any atom is -0.318 e. The molecule has 1 saturated heterocycles. The van der Waals surface area contributed by atoms with Crippen LogP contribution in [0.5, 0.6) is 0 Å². The smallest absolute Gasteiger partial charge is 0.254 e. The lowest BCUT2D eigenvalue weighted by molar-refractivity contribution is -0.138. The third-order valence-electron chi connectivity index (χ3n) is 3.21. The van der Waals surface area contributed by atoms with E-state index in [2.05, 4.69) is 5.32 Å². The van der Waals surface area contributed by atoms with E-state index >= 15 is 0 Å². The summed E-state index contributed by atoms with van der Waals surface area (Å²) in [5.74, 6) is -1.57. The molecule has 0 saturated carbocycles. The summed E-state index contributed by atoms with van der Waals surface area (Å²) in [6.07, 6.45) is 1.07. The van der Waals surface area contributed by atoms with Gasteiger partial charge in [-0.25, -0.2) is 8.42 Å². The lowest BCUT2D eigenvalue weighted by atomic mass is 10.1. The fourth-order valence-corrected chi connectivity index (χ4v) is 2.60. The molecule has 0 bridgehead atoms. The SMILES string of the molecule is CC1C(=O)NC(=O)CN1C(=O)c1ccc(S(C)(=O)=O)cc1. The van der Waals surface area contributed by atoms with Crippen LogP contribution in [0.3, 0.4) is 0 Å². The van der Waals surface area contributed by atoms with Crippen molar-refractivity contribution in [3.63, 3.8) is 0 Å². The van der Waals surface area contributed by atoms with Gasteiger partial charge in [0.1, 0.15) is 12.6 Å². The van der Waals surface area contributed by atoms with Crippen LogP contribution in [0.15, 0.2) is 29.2 Å². The molecule has 1 atom stereocenters. The molecule has 1 heterocycles. The predicted octanol–water partition coefficient (Wildman–Crippen LogP) is -0.423. The topological polar surface area (TPSA) is 101 Å². The van der Waals surface area contributed by atoms with E-state index in [9.17, 15) is 22.8 Å². The number of imide groups is 1. The molecular formula is C13H14N2O5S. The van der Waals surface area contributed by atoms with E-state index < -0.39 is 33.6 Å². The van der Waals surface area contributed by atoms with Crippen molar-refractivity contribution < 1.29 is 22.8 Å². The number of piperazine rings is 1. The van der Waals surface area contributed by atoms with Gasteiger partial charge in [-0.15, -0.1) is 0 Å². The Hall–Kier alpha value is -2.22. The van der Waals surface area contributed by atoms with Crippen molar-refractivity contribution in [3.8, 4) is 0 Å². The molecule has 112 valence electrons. The maximum atomic E-state index is 12.3. The Morgan fingerprint density at radius 1 is 1.24 bits per heavy atom. The number of sulfone groups is 1. The maximum absolute atomic E-state index is 12.3. The molecule has 1 aromatic rings. The number of hydrogen-bond acceptors (Lipinski definition) is 5. The second kappa shape index (κ2) is 5.28. The number of benzene rings is 1. The Kier molecular flexibility index (Phi) is 3.82. The van der Waals surface area contributed by atoms with Crippen LogP contribution in [0.1, 0.15) is 17.3 Å². The second-order valence-corrected chi connectivity index (χ2v) is 6.83. The normalized spacial score (nSPS) is 19.3. The van der Waals surface area contributed by atoms with Gasteiger partial charge in [0, 0.05) is 11.8 Å². The van der Waals surface area contributed by atoms with Gasteiger partial charge in [-0.3, -0.25) is 19.7 Å². The summed E-state index contributed by atoms with van der Waals surface area (Å²) >= 11 is 0. The van der Waals surface area contributed by atoms with Crippen LogP contribution >= 0.6 is 0 Å². The molecule has 7 nitrogen and oxygen atoms in total. The molecule has 0 aromatic heterocycles. The van der Waals surface area contributed by atoms with Crippen molar-refractivity contribution in [1.29, 1.82) is 0 Å². The van der Waals surface area contributed by atoms with Crippen LogP contribution in [0.4, 0.5) is 0 Å². The molecule has 1 fully saturated rings. The summed E-state index contributed by atoms with van der Waals surface area (Å²) in [6.45, 7) is 1.31. The van der Waals surface area contributed by atoms with Crippen LogP contribution in [0.25, 0.3) is 0 Å². The van der Waals surface area contributed by atoms with E-state index in [-0.39, 0.29) is 17.0 Å². The second-order valence-electron chi connectivity index (χ2n) is 4.82. The van der Waals surface area contributed by atoms with Gasteiger partial charge in [0.05, 0.1) is 4.90 Å². The van der Waals surface area contributed by atoms with Crippen LogP contribution < -0.4 is 5.32 Å². The van der Waals surface area contributed by atoms with Crippen molar-refractivity contribution in [1.82, 2.24) is 10.2 Å². The first-order chi connectivity index (χ1) is 9.70. The summed E-state index contributed by atoms with van der Waals surface area (Å²) in [4.78, 5) is 36.4. The summed E-state index contributed by atoms with van der Waals surface area (Å²) in [6, 6.07) is 4.60. The third kappa shape index (κ3) is 3.10. The Morgan fingerprint density at radius 3 is 2.33 bits per heavy atom. The van der Waals surface area contributed by atoms with Gasteiger partial charge in [0.15, 0.2) is 9.84 Å². The summed E-state index contributed by atoms with van der Waals surface area (Å²) in [7, 11) is -3.34. The standard InChI is InChI=1S/C13H14N2O5S/c1-8-12(17)14-11(16)7-15(8)13(18)9-3-5-10(6-4-9)21(2,19)20/h3-6,8H,7H2,1-2H3,(H,14,16,17). The van der Waals surface area contributed by atoms with E-state index in [0.29, 0.717) is 0 Å². The molecule has 1 aromatic carbocycles. The fraction of sp³-hybridized carbons (Fsp3) is 0.308. The van der Waals surface area contributed by atoms with E-state index in [4.69, 9.17) is 0 Å². The van der Waals surface area contributed by atoms with Crippen molar-refractivity contribution >= 4 is 27.6 Å². The van der Waals surface area contributed by atoms with Crippen molar-refractivity contribution in [2.24, 2.45) is 0 Å². The molecule has 8 heteroatoms. The molecule has 1 N–H and O–H groups in total. The molecule has 1 unspecified atom stereocenters. The molecule has 1 aliphatic rings. The molecule has 21 heavy (non-hydrogen) atoms. The number of nitrogens with zero attached hydrogens (tertiary/aromatic N) is 1.